The number of rotatable bonds is 1. The fourth-order valence-corrected chi connectivity index (χ4v) is 3.01. The standard InChI is InChI=1S/C13H26N2/c1-2-4-8-13(7-3-1)15-11-6-5-9-14-10-12-15/h13-14H,1-12H2. The fourth-order valence-electron chi connectivity index (χ4n) is 3.01. The van der Waals surface area contributed by atoms with E-state index in [4.69, 9.17) is 0 Å². The van der Waals surface area contributed by atoms with Crippen LogP contribution in [0, 0.1) is 0 Å². The Morgan fingerprint density at radius 3 is 2.33 bits per heavy atom. The van der Waals surface area contributed by atoms with E-state index in [2.05, 4.69) is 10.2 Å². The van der Waals surface area contributed by atoms with Crippen molar-refractivity contribution in [3.05, 3.63) is 0 Å². The Hall–Kier alpha value is -0.0800. The summed E-state index contributed by atoms with van der Waals surface area (Å²) in [6, 6.07) is 0.910. The lowest BCUT2D eigenvalue weighted by Crippen LogP contribution is -2.42. The van der Waals surface area contributed by atoms with Gasteiger partial charge in [0, 0.05) is 19.1 Å². The Balaban J connectivity index is 1.82. The molecule has 0 unspecified atom stereocenters. The van der Waals surface area contributed by atoms with Gasteiger partial charge in [0.15, 0.2) is 0 Å². The Morgan fingerprint density at radius 1 is 0.733 bits per heavy atom. The zero-order valence-electron chi connectivity index (χ0n) is 10.0. The normalized spacial score (nSPS) is 28.0. The van der Waals surface area contributed by atoms with Crippen molar-refractivity contribution in [1.82, 2.24) is 10.2 Å². The molecule has 0 aromatic carbocycles. The molecule has 1 N–H and O–H groups in total. The van der Waals surface area contributed by atoms with E-state index < -0.39 is 0 Å². The summed E-state index contributed by atoms with van der Waals surface area (Å²) in [6.07, 6.45) is 11.6. The molecule has 1 aliphatic carbocycles. The third-order valence-electron chi connectivity index (χ3n) is 3.97. The van der Waals surface area contributed by atoms with Gasteiger partial charge in [-0.1, -0.05) is 25.7 Å². The Labute approximate surface area is 94.4 Å². The largest absolute Gasteiger partial charge is 0.315 e. The first-order valence-corrected chi connectivity index (χ1v) is 6.91. The smallest absolute Gasteiger partial charge is 0.0110 e. The van der Waals surface area contributed by atoms with Gasteiger partial charge < -0.3 is 5.32 Å². The molecule has 0 bridgehead atoms. The Morgan fingerprint density at radius 2 is 1.53 bits per heavy atom. The molecule has 1 saturated heterocycles. The number of nitrogens with zero attached hydrogens (tertiary/aromatic N) is 1. The first kappa shape index (κ1) is 11.4. The van der Waals surface area contributed by atoms with Crippen molar-refractivity contribution in [1.29, 1.82) is 0 Å². The molecule has 1 aliphatic heterocycles. The van der Waals surface area contributed by atoms with E-state index >= 15 is 0 Å². The van der Waals surface area contributed by atoms with Crippen LogP contribution in [-0.4, -0.2) is 37.1 Å². The highest BCUT2D eigenvalue weighted by atomic mass is 15.2. The van der Waals surface area contributed by atoms with E-state index in [0.29, 0.717) is 0 Å². The molecule has 0 aromatic heterocycles. The minimum Gasteiger partial charge on any atom is -0.315 e. The molecule has 0 spiro atoms. The molecule has 88 valence electrons. The van der Waals surface area contributed by atoms with Gasteiger partial charge in [-0.25, -0.2) is 0 Å². The molecule has 2 aliphatic rings. The van der Waals surface area contributed by atoms with Crippen LogP contribution >= 0.6 is 0 Å². The van der Waals surface area contributed by atoms with Crippen LogP contribution in [0.25, 0.3) is 0 Å². The van der Waals surface area contributed by atoms with Crippen LogP contribution in [0.2, 0.25) is 0 Å². The second-order valence-corrected chi connectivity index (χ2v) is 5.14. The van der Waals surface area contributed by atoms with E-state index in [1.54, 1.807) is 0 Å². The first-order chi connectivity index (χ1) is 7.47. The summed E-state index contributed by atoms with van der Waals surface area (Å²) in [7, 11) is 0. The van der Waals surface area contributed by atoms with Crippen molar-refractivity contribution in [2.75, 3.05) is 26.2 Å². The average Bonchev–Trinajstić information content (AvgIpc) is 2.45. The van der Waals surface area contributed by atoms with Gasteiger partial charge in [0.25, 0.3) is 0 Å². The topological polar surface area (TPSA) is 15.3 Å². The third-order valence-corrected chi connectivity index (χ3v) is 3.97. The lowest BCUT2D eigenvalue weighted by atomic mass is 10.1. The van der Waals surface area contributed by atoms with Crippen LogP contribution in [0.1, 0.15) is 51.4 Å². The van der Waals surface area contributed by atoms with Crippen molar-refractivity contribution in [3.8, 4) is 0 Å². The van der Waals surface area contributed by atoms with Gasteiger partial charge in [-0.3, -0.25) is 4.90 Å². The van der Waals surface area contributed by atoms with Gasteiger partial charge >= 0.3 is 0 Å². The van der Waals surface area contributed by atoms with Gasteiger partial charge in [0.05, 0.1) is 0 Å². The second-order valence-electron chi connectivity index (χ2n) is 5.14. The summed E-state index contributed by atoms with van der Waals surface area (Å²) in [5, 5.41) is 3.53. The molecule has 1 heterocycles. The van der Waals surface area contributed by atoms with Gasteiger partial charge in [-0.15, -0.1) is 0 Å². The molecule has 2 fully saturated rings. The van der Waals surface area contributed by atoms with E-state index in [9.17, 15) is 0 Å². The van der Waals surface area contributed by atoms with Crippen molar-refractivity contribution in [3.63, 3.8) is 0 Å². The monoisotopic (exact) mass is 210 g/mol. The molecular weight excluding hydrogens is 184 g/mol. The lowest BCUT2D eigenvalue weighted by molar-refractivity contribution is 0.169. The third kappa shape index (κ3) is 3.76. The highest BCUT2D eigenvalue weighted by Gasteiger charge is 2.19. The Bertz CT molecular complexity index is 154. The molecule has 2 heteroatoms. The maximum atomic E-state index is 3.53. The molecule has 0 radical (unpaired) electrons. The minimum atomic E-state index is 0.910. The molecular formula is C13H26N2. The van der Waals surface area contributed by atoms with Crippen molar-refractivity contribution < 1.29 is 0 Å². The van der Waals surface area contributed by atoms with E-state index in [1.807, 2.05) is 0 Å². The quantitative estimate of drug-likeness (QED) is 0.669. The van der Waals surface area contributed by atoms with Crippen LogP contribution in [-0.2, 0) is 0 Å². The predicted octanol–water partition coefficient (Wildman–Crippen LogP) is 2.39. The van der Waals surface area contributed by atoms with Crippen LogP contribution in [0.3, 0.4) is 0 Å². The lowest BCUT2D eigenvalue weighted by Gasteiger charge is -2.32. The van der Waals surface area contributed by atoms with E-state index in [1.165, 1.54) is 77.5 Å². The summed E-state index contributed by atoms with van der Waals surface area (Å²) in [6.45, 7) is 5.08. The highest BCUT2D eigenvalue weighted by Crippen LogP contribution is 2.22. The summed E-state index contributed by atoms with van der Waals surface area (Å²) in [5.74, 6) is 0. The molecule has 0 atom stereocenters. The van der Waals surface area contributed by atoms with Crippen LogP contribution in [0.15, 0.2) is 0 Å². The molecule has 2 rings (SSSR count). The number of nitrogens with one attached hydrogen (secondary N) is 1. The molecule has 2 nitrogen and oxygen atoms in total. The van der Waals surface area contributed by atoms with Crippen LogP contribution in [0.5, 0.6) is 0 Å². The summed E-state index contributed by atoms with van der Waals surface area (Å²) < 4.78 is 0. The fraction of sp³-hybridized carbons (Fsp3) is 1.00. The van der Waals surface area contributed by atoms with Crippen molar-refractivity contribution in [2.45, 2.75) is 57.4 Å². The summed E-state index contributed by atoms with van der Waals surface area (Å²) >= 11 is 0. The maximum Gasteiger partial charge on any atom is 0.0110 e. The molecule has 0 amide bonds. The predicted molar refractivity (Wildman–Crippen MR) is 65.2 cm³/mol. The van der Waals surface area contributed by atoms with Crippen LogP contribution in [0.4, 0.5) is 0 Å². The zero-order valence-corrected chi connectivity index (χ0v) is 10.0. The van der Waals surface area contributed by atoms with Crippen molar-refractivity contribution >= 4 is 0 Å². The Kier molecular flexibility index (Phi) is 4.94. The molecule has 15 heavy (non-hydrogen) atoms. The van der Waals surface area contributed by atoms with E-state index in [0.717, 1.165) is 6.04 Å². The molecule has 1 saturated carbocycles. The highest BCUT2D eigenvalue weighted by molar-refractivity contribution is 4.76. The van der Waals surface area contributed by atoms with Gasteiger partial charge in [0.2, 0.25) is 0 Å². The molecule has 0 aromatic rings. The van der Waals surface area contributed by atoms with Gasteiger partial charge in [-0.2, -0.15) is 0 Å². The van der Waals surface area contributed by atoms with Gasteiger partial charge in [-0.05, 0) is 38.8 Å². The summed E-state index contributed by atoms with van der Waals surface area (Å²) in [5.41, 5.74) is 0. The SMILES string of the molecule is C1CCCC(N2CCCCNCC2)CC1. The second kappa shape index (κ2) is 6.49. The zero-order chi connectivity index (χ0) is 10.3. The van der Waals surface area contributed by atoms with Gasteiger partial charge in [0.1, 0.15) is 0 Å². The summed E-state index contributed by atoms with van der Waals surface area (Å²) in [4.78, 5) is 2.76. The number of hydrogen-bond acceptors (Lipinski definition) is 2. The van der Waals surface area contributed by atoms with E-state index in [-0.39, 0.29) is 0 Å². The maximum absolute atomic E-state index is 3.53. The first-order valence-electron chi connectivity index (χ1n) is 6.91. The van der Waals surface area contributed by atoms with Crippen molar-refractivity contribution in [2.24, 2.45) is 0 Å². The number of hydrogen-bond donors (Lipinski definition) is 1. The average molecular weight is 210 g/mol. The van der Waals surface area contributed by atoms with Crippen LogP contribution < -0.4 is 5.32 Å². The minimum absolute atomic E-state index is 0.910.